The Labute approximate surface area is 190 Å². The van der Waals surface area contributed by atoms with Crippen molar-refractivity contribution in [3.63, 3.8) is 0 Å². The second kappa shape index (κ2) is 9.83. The Morgan fingerprint density at radius 1 is 1.06 bits per heavy atom. The number of amides is 2. The topological polar surface area (TPSA) is 110 Å². The van der Waals surface area contributed by atoms with E-state index in [0.717, 1.165) is 11.1 Å². The van der Waals surface area contributed by atoms with E-state index in [1.165, 1.54) is 0 Å². The Balaban J connectivity index is 1.88. The summed E-state index contributed by atoms with van der Waals surface area (Å²) in [6.07, 6.45) is 1.21. The molecule has 2 amide bonds. The van der Waals surface area contributed by atoms with Crippen molar-refractivity contribution in [3.05, 3.63) is 64.7 Å². The molecule has 172 valence electrons. The zero-order valence-corrected chi connectivity index (χ0v) is 19.6. The summed E-state index contributed by atoms with van der Waals surface area (Å²) in [6.45, 7) is 6.19. The second-order valence-electron chi connectivity index (χ2n) is 8.59. The molecule has 0 bridgehead atoms. The molecule has 1 aliphatic heterocycles. The monoisotopic (exact) mass is 457 g/mol. The Bertz CT molecular complexity index is 1070. The smallest absolute Gasteiger partial charge is 0.241 e. The van der Waals surface area contributed by atoms with E-state index in [2.05, 4.69) is 4.72 Å². The summed E-state index contributed by atoms with van der Waals surface area (Å²) in [5.74, 6) is -0.895. The van der Waals surface area contributed by atoms with E-state index < -0.39 is 16.1 Å². The van der Waals surface area contributed by atoms with Gasteiger partial charge in [0, 0.05) is 19.0 Å². The first-order valence-electron chi connectivity index (χ1n) is 10.8. The maximum Gasteiger partial charge on any atom is 0.241 e. The van der Waals surface area contributed by atoms with Crippen molar-refractivity contribution in [3.8, 4) is 0 Å². The van der Waals surface area contributed by atoms with Crippen LogP contribution in [0.1, 0.15) is 35.1 Å². The van der Waals surface area contributed by atoms with Crippen LogP contribution >= 0.6 is 0 Å². The number of carbonyl (C=O) groups is 2. The normalized spacial score (nSPS) is 16.0. The van der Waals surface area contributed by atoms with E-state index in [-0.39, 0.29) is 29.0 Å². The highest BCUT2D eigenvalue weighted by Gasteiger charge is 2.33. The van der Waals surface area contributed by atoms with Crippen LogP contribution in [0.5, 0.6) is 0 Å². The highest BCUT2D eigenvalue weighted by Crippen LogP contribution is 2.23. The van der Waals surface area contributed by atoms with Crippen LogP contribution in [0.2, 0.25) is 0 Å². The molecule has 3 N–H and O–H groups in total. The molecule has 8 heteroatoms. The summed E-state index contributed by atoms with van der Waals surface area (Å²) in [6, 6.07) is 12.0. The van der Waals surface area contributed by atoms with Crippen molar-refractivity contribution in [2.24, 2.45) is 11.7 Å². The molecular weight excluding hydrogens is 426 g/mol. The number of rotatable bonds is 7. The van der Waals surface area contributed by atoms with Gasteiger partial charge >= 0.3 is 0 Å². The number of sulfonamides is 1. The number of hydrogen-bond donors (Lipinski definition) is 2. The number of carbonyl (C=O) groups excluding carboxylic acids is 2. The number of benzene rings is 2. The van der Waals surface area contributed by atoms with E-state index in [1.807, 2.05) is 49.4 Å². The molecule has 0 aliphatic carbocycles. The van der Waals surface area contributed by atoms with Crippen LogP contribution in [0.25, 0.3) is 0 Å². The molecule has 2 aromatic carbocycles. The van der Waals surface area contributed by atoms with Gasteiger partial charge in [0.1, 0.15) is 6.04 Å². The molecule has 1 atom stereocenters. The lowest BCUT2D eigenvalue weighted by Crippen LogP contribution is -2.52. The minimum Gasteiger partial charge on any atom is -0.369 e. The minimum absolute atomic E-state index is 0.210. The van der Waals surface area contributed by atoms with Crippen molar-refractivity contribution in [1.29, 1.82) is 0 Å². The summed E-state index contributed by atoms with van der Waals surface area (Å²) >= 11 is 0. The fourth-order valence-corrected chi connectivity index (χ4v) is 6.11. The third kappa shape index (κ3) is 5.55. The summed E-state index contributed by atoms with van der Waals surface area (Å²) in [4.78, 5) is 26.7. The molecule has 1 fully saturated rings. The third-order valence-electron chi connectivity index (χ3n) is 5.96. The first-order valence-corrected chi connectivity index (χ1v) is 12.3. The molecular formula is C24H31N3O4S. The second-order valence-corrected chi connectivity index (χ2v) is 10.2. The van der Waals surface area contributed by atoms with Crippen LogP contribution in [0.3, 0.4) is 0 Å². The first-order chi connectivity index (χ1) is 15.1. The standard InChI is InChI=1S/C24H31N3O4S/c1-16-13-17(2)22(18(3)14-16)32(30,31)26-21(15-19-7-5-4-6-8-19)24(29)27-11-9-20(10-12-27)23(25)28/h4-8,13-14,20-21,26H,9-12,15H2,1-3H3,(H2,25,28)/t21-/m1/s1. The molecule has 3 rings (SSSR count). The Morgan fingerprint density at radius 3 is 2.16 bits per heavy atom. The van der Waals surface area contributed by atoms with Gasteiger partial charge in [-0.3, -0.25) is 9.59 Å². The average Bonchev–Trinajstić information content (AvgIpc) is 2.72. The van der Waals surface area contributed by atoms with Gasteiger partial charge in [-0.15, -0.1) is 0 Å². The maximum atomic E-state index is 13.4. The van der Waals surface area contributed by atoms with E-state index in [9.17, 15) is 18.0 Å². The summed E-state index contributed by atoms with van der Waals surface area (Å²) in [5, 5.41) is 0. The number of piperidine rings is 1. The summed E-state index contributed by atoms with van der Waals surface area (Å²) in [5.41, 5.74) is 8.53. The van der Waals surface area contributed by atoms with Gasteiger partial charge in [-0.05, 0) is 56.7 Å². The van der Waals surface area contributed by atoms with Gasteiger partial charge in [0.05, 0.1) is 4.90 Å². The molecule has 0 aromatic heterocycles. The van der Waals surface area contributed by atoms with E-state index in [0.29, 0.717) is 37.1 Å². The largest absolute Gasteiger partial charge is 0.369 e. The van der Waals surface area contributed by atoms with Crippen LogP contribution in [-0.2, 0) is 26.0 Å². The zero-order chi connectivity index (χ0) is 23.5. The molecule has 2 aromatic rings. The van der Waals surface area contributed by atoms with Crippen LogP contribution in [-0.4, -0.2) is 44.3 Å². The molecule has 0 radical (unpaired) electrons. The van der Waals surface area contributed by atoms with Crippen molar-refractivity contribution in [2.75, 3.05) is 13.1 Å². The SMILES string of the molecule is Cc1cc(C)c(S(=O)(=O)N[C@H](Cc2ccccc2)C(=O)N2CCC(C(N)=O)CC2)c(C)c1. The predicted molar refractivity (Wildman–Crippen MR) is 123 cm³/mol. The molecule has 1 saturated heterocycles. The molecule has 1 heterocycles. The summed E-state index contributed by atoms with van der Waals surface area (Å²) < 4.78 is 29.4. The highest BCUT2D eigenvalue weighted by molar-refractivity contribution is 7.89. The predicted octanol–water partition coefficient (Wildman–Crippen LogP) is 2.23. The van der Waals surface area contributed by atoms with Crippen LogP contribution in [0.4, 0.5) is 0 Å². The van der Waals surface area contributed by atoms with E-state index in [4.69, 9.17) is 5.73 Å². The maximum absolute atomic E-state index is 13.4. The molecule has 1 aliphatic rings. The number of likely N-dealkylation sites (tertiary alicyclic amines) is 1. The lowest BCUT2D eigenvalue weighted by atomic mass is 9.95. The van der Waals surface area contributed by atoms with Crippen LogP contribution in [0.15, 0.2) is 47.4 Å². The lowest BCUT2D eigenvalue weighted by Gasteiger charge is -2.33. The molecule has 32 heavy (non-hydrogen) atoms. The Hall–Kier alpha value is -2.71. The fourth-order valence-electron chi connectivity index (χ4n) is 4.47. The molecule has 0 unspecified atom stereocenters. The van der Waals surface area contributed by atoms with Gasteiger partial charge in [0.2, 0.25) is 21.8 Å². The zero-order valence-electron chi connectivity index (χ0n) is 18.8. The molecule has 0 saturated carbocycles. The van der Waals surface area contributed by atoms with Crippen molar-refractivity contribution >= 4 is 21.8 Å². The Kier molecular flexibility index (Phi) is 7.36. The van der Waals surface area contributed by atoms with Gasteiger partial charge in [0.25, 0.3) is 0 Å². The number of nitrogens with two attached hydrogens (primary N) is 1. The van der Waals surface area contributed by atoms with Gasteiger partial charge in [0.15, 0.2) is 0 Å². The van der Waals surface area contributed by atoms with Crippen LogP contribution in [0, 0.1) is 26.7 Å². The van der Waals surface area contributed by atoms with E-state index >= 15 is 0 Å². The third-order valence-corrected chi connectivity index (χ3v) is 7.74. The number of aryl methyl sites for hydroxylation is 3. The quantitative estimate of drug-likeness (QED) is 0.664. The van der Waals surface area contributed by atoms with E-state index in [1.54, 1.807) is 18.7 Å². The average molecular weight is 458 g/mol. The van der Waals surface area contributed by atoms with Crippen molar-refractivity contribution in [1.82, 2.24) is 9.62 Å². The molecule has 0 spiro atoms. The first kappa shape index (κ1) is 23.9. The number of nitrogens with one attached hydrogen (secondary N) is 1. The fraction of sp³-hybridized carbons (Fsp3) is 0.417. The van der Waals surface area contributed by atoms with Gasteiger partial charge in [-0.1, -0.05) is 48.0 Å². The Morgan fingerprint density at radius 2 is 1.62 bits per heavy atom. The van der Waals surface area contributed by atoms with Crippen molar-refractivity contribution < 1.29 is 18.0 Å². The number of nitrogens with zero attached hydrogens (tertiary/aromatic N) is 1. The molecule has 7 nitrogen and oxygen atoms in total. The van der Waals surface area contributed by atoms with Gasteiger partial charge in [-0.2, -0.15) is 4.72 Å². The summed E-state index contributed by atoms with van der Waals surface area (Å²) in [7, 11) is -3.94. The van der Waals surface area contributed by atoms with Crippen LogP contribution < -0.4 is 10.5 Å². The number of hydrogen-bond acceptors (Lipinski definition) is 4. The number of primary amides is 1. The van der Waals surface area contributed by atoms with Gasteiger partial charge < -0.3 is 10.6 Å². The minimum atomic E-state index is -3.94. The highest BCUT2D eigenvalue weighted by atomic mass is 32.2. The van der Waals surface area contributed by atoms with Crippen molar-refractivity contribution in [2.45, 2.75) is 51.0 Å². The van der Waals surface area contributed by atoms with Gasteiger partial charge in [-0.25, -0.2) is 8.42 Å². The lowest BCUT2D eigenvalue weighted by molar-refractivity contribution is -0.136.